The number of hydrogen-bond acceptors (Lipinski definition) is 3. The van der Waals surface area contributed by atoms with Gasteiger partial charge in [0.25, 0.3) is 0 Å². The number of carbonyl (C=O) groups excluding carboxylic acids is 1. The summed E-state index contributed by atoms with van der Waals surface area (Å²) in [6.07, 6.45) is 5.04. The lowest BCUT2D eigenvalue weighted by atomic mass is 9.99. The second-order valence-corrected chi connectivity index (χ2v) is 4.88. The molecule has 0 amide bonds. The van der Waals surface area contributed by atoms with Gasteiger partial charge in [0.2, 0.25) is 0 Å². The van der Waals surface area contributed by atoms with E-state index in [1.165, 1.54) is 6.42 Å². The van der Waals surface area contributed by atoms with E-state index in [9.17, 15) is 4.79 Å². The van der Waals surface area contributed by atoms with Crippen molar-refractivity contribution in [1.29, 1.82) is 0 Å². The van der Waals surface area contributed by atoms with E-state index >= 15 is 0 Å². The van der Waals surface area contributed by atoms with Crippen molar-refractivity contribution in [2.75, 3.05) is 19.5 Å². The highest BCUT2D eigenvalue weighted by atomic mass is 32.2. The van der Waals surface area contributed by atoms with Crippen LogP contribution < -0.4 is 0 Å². The van der Waals surface area contributed by atoms with E-state index in [0.717, 1.165) is 38.0 Å². The molecule has 0 aliphatic heterocycles. The molecule has 3 heteroatoms. The molecule has 1 rings (SSSR count). The number of ketones is 1. The Bertz CT molecular complexity index is 159. The second kappa shape index (κ2) is 6.44. The summed E-state index contributed by atoms with van der Waals surface area (Å²) in [7, 11) is 1.73. The highest BCUT2D eigenvalue weighted by Crippen LogP contribution is 2.26. The van der Waals surface area contributed by atoms with E-state index in [-0.39, 0.29) is 0 Å². The maximum absolute atomic E-state index is 11.1. The number of methoxy groups -OCH3 is 1. The van der Waals surface area contributed by atoms with Gasteiger partial charge < -0.3 is 4.74 Å². The Morgan fingerprint density at radius 1 is 1.62 bits per heavy atom. The van der Waals surface area contributed by atoms with Crippen LogP contribution in [-0.4, -0.2) is 30.5 Å². The van der Waals surface area contributed by atoms with Gasteiger partial charge in [-0.25, -0.2) is 0 Å². The fourth-order valence-corrected chi connectivity index (χ4v) is 2.84. The molecular weight excluding hydrogens is 184 g/mol. The number of ether oxygens (including phenoxy) is 1. The van der Waals surface area contributed by atoms with Crippen molar-refractivity contribution >= 4 is 17.5 Å². The van der Waals surface area contributed by atoms with Gasteiger partial charge in [0.1, 0.15) is 5.78 Å². The van der Waals surface area contributed by atoms with Gasteiger partial charge in [-0.2, -0.15) is 11.8 Å². The molecule has 1 aliphatic rings. The number of thioether (sulfide) groups is 1. The average molecular weight is 202 g/mol. The molecule has 0 aromatic heterocycles. The molecule has 0 aromatic carbocycles. The summed E-state index contributed by atoms with van der Waals surface area (Å²) < 4.78 is 4.97. The molecule has 0 N–H and O–H groups in total. The first kappa shape index (κ1) is 11.1. The Labute approximate surface area is 84.4 Å². The lowest BCUT2D eigenvalue weighted by molar-refractivity contribution is -0.120. The normalized spacial score (nSPS) is 23.5. The smallest absolute Gasteiger partial charge is 0.134 e. The van der Waals surface area contributed by atoms with Crippen LogP contribution in [0.5, 0.6) is 0 Å². The third-order valence-electron chi connectivity index (χ3n) is 2.28. The van der Waals surface area contributed by atoms with E-state index in [1.807, 2.05) is 11.8 Å². The van der Waals surface area contributed by atoms with Crippen molar-refractivity contribution in [3.63, 3.8) is 0 Å². The second-order valence-electron chi connectivity index (χ2n) is 3.47. The molecule has 1 atom stereocenters. The first-order chi connectivity index (χ1) is 6.33. The maximum atomic E-state index is 11.1. The summed E-state index contributed by atoms with van der Waals surface area (Å²) in [5.41, 5.74) is 0. The summed E-state index contributed by atoms with van der Waals surface area (Å²) in [6, 6.07) is 0. The van der Waals surface area contributed by atoms with Crippen LogP contribution in [0.1, 0.15) is 32.1 Å². The van der Waals surface area contributed by atoms with Gasteiger partial charge >= 0.3 is 0 Å². The molecule has 0 bridgehead atoms. The molecule has 0 aromatic rings. The molecule has 13 heavy (non-hydrogen) atoms. The highest BCUT2D eigenvalue weighted by molar-refractivity contribution is 7.99. The van der Waals surface area contributed by atoms with Crippen LogP contribution in [0.3, 0.4) is 0 Å². The third-order valence-corrected chi connectivity index (χ3v) is 3.68. The monoisotopic (exact) mass is 202 g/mol. The van der Waals surface area contributed by atoms with Gasteiger partial charge in [0.15, 0.2) is 0 Å². The van der Waals surface area contributed by atoms with Gasteiger partial charge in [0, 0.05) is 31.8 Å². The zero-order valence-electron chi connectivity index (χ0n) is 8.25. The fraction of sp³-hybridized carbons (Fsp3) is 0.900. The minimum Gasteiger partial charge on any atom is -0.385 e. The largest absolute Gasteiger partial charge is 0.385 e. The average Bonchev–Trinajstić information content (AvgIpc) is 2.13. The van der Waals surface area contributed by atoms with Crippen LogP contribution in [0, 0.1) is 0 Å². The van der Waals surface area contributed by atoms with Crippen molar-refractivity contribution in [3.05, 3.63) is 0 Å². The third kappa shape index (κ3) is 4.67. The Kier molecular flexibility index (Phi) is 5.47. The Morgan fingerprint density at radius 2 is 2.46 bits per heavy atom. The first-order valence-corrected chi connectivity index (χ1v) is 6.00. The van der Waals surface area contributed by atoms with Crippen LogP contribution >= 0.6 is 11.8 Å². The van der Waals surface area contributed by atoms with E-state index in [1.54, 1.807) is 7.11 Å². The molecule has 1 fully saturated rings. The molecule has 0 heterocycles. The summed E-state index contributed by atoms with van der Waals surface area (Å²) in [5, 5.41) is 0.595. The van der Waals surface area contributed by atoms with E-state index < -0.39 is 0 Å². The van der Waals surface area contributed by atoms with Gasteiger partial charge in [-0.05, 0) is 25.0 Å². The molecule has 1 unspecified atom stereocenters. The van der Waals surface area contributed by atoms with Gasteiger partial charge in [-0.1, -0.05) is 0 Å². The predicted octanol–water partition coefficient (Wildman–Crippen LogP) is 2.27. The van der Waals surface area contributed by atoms with Gasteiger partial charge in [-0.3, -0.25) is 4.79 Å². The van der Waals surface area contributed by atoms with Gasteiger partial charge in [-0.15, -0.1) is 0 Å². The summed E-state index contributed by atoms with van der Waals surface area (Å²) in [4.78, 5) is 11.1. The van der Waals surface area contributed by atoms with Crippen molar-refractivity contribution in [1.82, 2.24) is 0 Å². The molecular formula is C10H18O2S. The topological polar surface area (TPSA) is 26.3 Å². The Balaban J connectivity index is 2.03. The highest BCUT2D eigenvalue weighted by Gasteiger charge is 2.18. The number of rotatable bonds is 5. The lowest BCUT2D eigenvalue weighted by Gasteiger charge is -2.19. The first-order valence-electron chi connectivity index (χ1n) is 4.95. The van der Waals surface area contributed by atoms with Crippen molar-refractivity contribution < 1.29 is 9.53 Å². The maximum Gasteiger partial charge on any atom is 0.134 e. The van der Waals surface area contributed by atoms with E-state index in [2.05, 4.69) is 0 Å². The fourth-order valence-electron chi connectivity index (χ4n) is 1.58. The Morgan fingerprint density at radius 3 is 3.15 bits per heavy atom. The molecule has 0 spiro atoms. The van der Waals surface area contributed by atoms with Crippen LogP contribution in [0.2, 0.25) is 0 Å². The standard InChI is InChI=1S/C10H18O2S/c1-12-6-3-7-13-10-5-2-4-9(11)8-10/h10H,2-8H2,1H3. The zero-order chi connectivity index (χ0) is 9.52. The van der Waals surface area contributed by atoms with Crippen LogP contribution in [0.15, 0.2) is 0 Å². The molecule has 1 saturated carbocycles. The van der Waals surface area contributed by atoms with Crippen molar-refractivity contribution in [3.8, 4) is 0 Å². The molecule has 0 radical (unpaired) electrons. The molecule has 0 saturated heterocycles. The Hall–Kier alpha value is -0.0200. The van der Waals surface area contributed by atoms with Crippen LogP contribution in [0.25, 0.3) is 0 Å². The summed E-state index contributed by atoms with van der Waals surface area (Å²) in [6.45, 7) is 0.841. The van der Waals surface area contributed by atoms with Crippen LogP contribution in [-0.2, 0) is 9.53 Å². The SMILES string of the molecule is COCCCSC1CCCC(=O)C1. The molecule has 1 aliphatic carbocycles. The van der Waals surface area contributed by atoms with E-state index in [0.29, 0.717) is 11.0 Å². The minimum absolute atomic E-state index is 0.454. The van der Waals surface area contributed by atoms with Gasteiger partial charge in [0.05, 0.1) is 0 Å². The van der Waals surface area contributed by atoms with E-state index in [4.69, 9.17) is 4.74 Å². The lowest BCUT2D eigenvalue weighted by Crippen LogP contribution is -2.17. The minimum atomic E-state index is 0.454. The molecule has 76 valence electrons. The van der Waals surface area contributed by atoms with Crippen LogP contribution in [0.4, 0.5) is 0 Å². The molecule has 2 nitrogen and oxygen atoms in total. The van der Waals surface area contributed by atoms with Crippen molar-refractivity contribution in [2.24, 2.45) is 0 Å². The summed E-state index contributed by atoms with van der Waals surface area (Å²) >= 11 is 1.94. The number of hydrogen-bond donors (Lipinski definition) is 0. The number of carbonyl (C=O) groups is 1. The number of Topliss-reactive ketones (excluding diaryl/α,β-unsaturated/α-hetero) is 1. The van der Waals surface area contributed by atoms with Crippen molar-refractivity contribution in [2.45, 2.75) is 37.4 Å². The zero-order valence-corrected chi connectivity index (χ0v) is 9.07. The quantitative estimate of drug-likeness (QED) is 0.640. The predicted molar refractivity (Wildman–Crippen MR) is 56.2 cm³/mol. The summed E-state index contributed by atoms with van der Waals surface area (Å²) in [5.74, 6) is 1.58.